The molecular formula is C20H26N6O3S. The Hall–Kier alpha value is -2.75. The van der Waals surface area contributed by atoms with E-state index in [4.69, 9.17) is 4.74 Å². The van der Waals surface area contributed by atoms with Gasteiger partial charge in [-0.05, 0) is 37.8 Å². The fourth-order valence-corrected chi connectivity index (χ4v) is 6.14. The van der Waals surface area contributed by atoms with Gasteiger partial charge in [0.2, 0.25) is 10.0 Å². The third-order valence-electron chi connectivity index (χ3n) is 6.26. The summed E-state index contributed by atoms with van der Waals surface area (Å²) in [5, 5.41) is 9.13. The fraction of sp³-hybridized carbons (Fsp3) is 0.500. The summed E-state index contributed by atoms with van der Waals surface area (Å²) >= 11 is 0. The van der Waals surface area contributed by atoms with Crippen LogP contribution in [-0.2, 0) is 30.0 Å². The van der Waals surface area contributed by atoms with Gasteiger partial charge in [0.05, 0.1) is 41.7 Å². The van der Waals surface area contributed by atoms with Gasteiger partial charge < -0.3 is 9.64 Å². The predicted octanol–water partition coefficient (Wildman–Crippen LogP) is 2.14. The Balaban J connectivity index is 1.36. The van der Waals surface area contributed by atoms with Crippen molar-refractivity contribution in [3.63, 3.8) is 0 Å². The Morgan fingerprint density at radius 1 is 1.13 bits per heavy atom. The first-order valence-corrected chi connectivity index (χ1v) is 11.8. The number of anilines is 2. The molecule has 0 spiro atoms. The first-order valence-electron chi connectivity index (χ1n) is 10.3. The van der Waals surface area contributed by atoms with E-state index < -0.39 is 15.3 Å². The standard InChI is InChI=1S/C20H26N6O3S/c1-24-20-14(12-21-24)5-6-18(29-2)19(20)23-30(27,28)15-7-10-25(11-8-15)17-13-22-26-9-3-4-16(17)26/h5-6,12-13,15,23H,3-4,7-11H2,1-2H3. The second-order valence-electron chi connectivity index (χ2n) is 7.99. The van der Waals surface area contributed by atoms with E-state index in [1.807, 2.05) is 12.3 Å². The van der Waals surface area contributed by atoms with Gasteiger partial charge in [0, 0.05) is 32.1 Å². The van der Waals surface area contributed by atoms with Crippen LogP contribution in [0.5, 0.6) is 5.75 Å². The van der Waals surface area contributed by atoms with E-state index in [2.05, 4.69) is 24.5 Å². The van der Waals surface area contributed by atoms with Crippen LogP contribution < -0.4 is 14.4 Å². The molecule has 0 amide bonds. The van der Waals surface area contributed by atoms with Crippen LogP contribution in [0.3, 0.4) is 0 Å². The summed E-state index contributed by atoms with van der Waals surface area (Å²) in [7, 11) is -0.244. The van der Waals surface area contributed by atoms with Crippen molar-refractivity contribution in [3.05, 3.63) is 30.2 Å². The third kappa shape index (κ3) is 3.10. The van der Waals surface area contributed by atoms with Gasteiger partial charge >= 0.3 is 0 Å². The first kappa shape index (κ1) is 19.2. The number of piperidine rings is 1. The van der Waals surface area contributed by atoms with Gasteiger partial charge in [0.25, 0.3) is 0 Å². The zero-order valence-corrected chi connectivity index (χ0v) is 18.0. The van der Waals surface area contributed by atoms with Crippen LogP contribution >= 0.6 is 0 Å². The van der Waals surface area contributed by atoms with Crippen molar-refractivity contribution in [3.8, 4) is 5.75 Å². The van der Waals surface area contributed by atoms with Crippen molar-refractivity contribution < 1.29 is 13.2 Å². The average Bonchev–Trinajstić information content (AvgIpc) is 3.44. The molecule has 10 heteroatoms. The maximum atomic E-state index is 13.2. The van der Waals surface area contributed by atoms with Crippen molar-refractivity contribution >= 4 is 32.3 Å². The van der Waals surface area contributed by atoms with Gasteiger partial charge in [0.1, 0.15) is 11.4 Å². The van der Waals surface area contributed by atoms with Crippen LogP contribution in [0.25, 0.3) is 10.9 Å². The van der Waals surface area contributed by atoms with Crippen LogP contribution in [0, 0.1) is 0 Å². The summed E-state index contributed by atoms with van der Waals surface area (Å²) in [6.45, 7) is 2.39. The Kier molecular flexibility index (Phi) is 4.61. The molecule has 1 saturated heterocycles. The Morgan fingerprint density at radius 2 is 1.93 bits per heavy atom. The van der Waals surface area contributed by atoms with Crippen LogP contribution in [0.4, 0.5) is 11.4 Å². The number of aromatic nitrogens is 4. The molecule has 3 aromatic rings. The normalized spacial score (nSPS) is 17.5. The molecule has 160 valence electrons. The van der Waals surface area contributed by atoms with Crippen LogP contribution in [0.1, 0.15) is 25.0 Å². The predicted molar refractivity (Wildman–Crippen MR) is 116 cm³/mol. The number of methoxy groups -OCH3 is 1. The fourth-order valence-electron chi connectivity index (χ4n) is 4.66. The quantitative estimate of drug-likeness (QED) is 0.667. The lowest BCUT2D eigenvalue weighted by atomic mass is 10.1. The number of nitrogens with zero attached hydrogens (tertiary/aromatic N) is 5. The molecule has 0 aliphatic carbocycles. The van der Waals surface area contributed by atoms with Crippen molar-refractivity contribution in [2.45, 2.75) is 37.5 Å². The Bertz CT molecular complexity index is 1190. The number of benzene rings is 1. The number of hydrogen-bond acceptors (Lipinski definition) is 6. The number of nitrogens with one attached hydrogen (secondary N) is 1. The summed E-state index contributed by atoms with van der Waals surface area (Å²) in [5.41, 5.74) is 3.61. The second-order valence-corrected chi connectivity index (χ2v) is 9.95. The van der Waals surface area contributed by atoms with Gasteiger partial charge in [-0.15, -0.1) is 0 Å². The molecule has 9 nitrogen and oxygen atoms in total. The van der Waals surface area contributed by atoms with E-state index in [1.54, 1.807) is 24.0 Å². The SMILES string of the molecule is COc1ccc2cnn(C)c2c1NS(=O)(=O)C1CCN(c2cnn3c2CCC3)CC1. The Morgan fingerprint density at radius 3 is 2.70 bits per heavy atom. The van der Waals surface area contributed by atoms with Gasteiger partial charge in [-0.25, -0.2) is 8.42 Å². The van der Waals surface area contributed by atoms with E-state index in [-0.39, 0.29) is 0 Å². The minimum Gasteiger partial charge on any atom is -0.494 e. The van der Waals surface area contributed by atoms with Crippen molar-refractivity contribution in [1.82, 2.24) is 19.6 Å². The molecule has 2 aromatic heterocycles. The molecule has 0 atom stereocenters. The molecule has 0 bridgehead atoms. The van der Waals surface area contributed by atoms with E-state index in [0.717, 1.165) is 30.5 Å². The lowest BCUT2D eigenvalue weighted by molar-refractivity contribution is 0.417. The molecule has 5 rings (SSSR count). The summed E-state index contributed by atoms with van der Waals surface area (Å²) in [6, 6.07) is 3.65. The molecular weight excluding hydrogens is 404 g/mol. The number of rotatable bonds is 5. The zero-order chi connectivity index (χ0) is 20.9. The smallest absolute Gasteiger partial charge is 0.235 e. The minimum absolute atomic E-state index is 0.451. The number of aryl methyl sites for hydroxylation is 2. The molecule has 2 aliphatic heterocycles. The van der Waals surface area contributed by atoms with Crippen molar-refractivity contribution in [2.24, 2.45) is 7.05 Å². The van der Waals surface area contributed by atoms with Crippen molar-refractivity contribution in [2.75, 3.05) is 29.8 Å². The number of sulfonamides is 1. The molecule has 0 unspecified atom stereocenters. The average molecular weight is 431 g/mol. The largest absolute Gasteiger partial charge is 0.494 e. The van der Waals surface area contributed by atoms with Crippen LogP contribution in [-0.4, -0.2) is 53.4 Å². The van der Waals surface area contributed by atoms with E-state index >= 15 is 0 Å². The molecule has 1 aromatic carbocycles. The number of hydrogen-bond donors (Lipinski definition) is 1. The van der Waals surface area contributed by atoms with Crippen LogP contribution in [0.15, 0.2) is 24.5 Å². The monoisotopic (exact) mass is 430 g/mol. The highest BCUT2D eigenvalue weighted by Gasteiger charge is 2.33. The van der Waals surface area contributed by atoms with Crippen LogP contribution in [0.2, 0.25) is 0 Å². The molecule has 1 fully saturated rings. The van der Waals surface area contributed by atoms with E-state index in [0.29, 0.717) is 42.9 Å². The third-order valence-corrected chi connectivity index (χ3v) is 8.10. The summed E-state index contributed by atoms with van der Waals surface area (Å²) in [6.07, 6.45) is 6.97. The molecule has 2 aliphatic rings. The lowest BCUT2D eigenvalue weighted by Gasteiger charge is -2.33. The van der Waals surface area contributed by atoms with E-state index in [9.17, 15) is 8.42 Å². The van der Waals surface area contributed by atoms with Gasteiger partial charge in [-0.3, -0.25) is 14.1 Å². The van der Waals surface area contributed by atoms with Gasteiger partial charge in [-0.1, -0.05) is 0 Å². The number of ether oxygens (including phenoxy) is 1. The number of fused-ring (bicyclic) bond motifs is 2. The van der Waals surface area contributed by atoms with Gasteiger partial charge in [-0.2, -0.15) is 10.2 Å². The summed E-state index contributed by atoms with van der Waals surface area (Å²) in [5.74, 6) is 0.488. The maximum absolute atomic E-state index is 13.2. The van der Waals surface area contributed by atoms with Crippen molar-refractivity contribution in [1.29, 1.82) is 0 Å². The minimum atomic E-state index is -3.58. The molecule has 0 saturated carbocycles. The molecule has 30 heavy (non-hydrogen) atoms. The molecule has 0 radical (unpaired) electrons. The Labute approximate surface area is 175 Å². The zero-order valence-electron chi connectivity index (χ0n) is 17.2. The highest BCUT2D eigenvalue weighted by atomic mass is 32.2. The highest BCUT2D eigenvalue weighted by Crippen LogP contribution is 2.35. The van der Waals surface area contributed by atoms with Gasteiger partial charge in [0.15, 0.2) is 0 Å². The molecule has 1 N–H and O–H groups in total. The highest BCUT2D eigenvalue weighted by molar-refractivity contribution is 7.93. The topological polar surface area (TPSA) is 94.3 Å². The molecule has 4 heterocycles. The summed E-state index contributed by atoms with van der Waals surface area (Å²) in [4.78, 5) is 2.28. The second kappa shape index (κ2) is 7.19. The van der Waals surface area contributed by atoms with E-state index in [1.165, 1.54) is 12.8 Å². The lowest BCUT2D eigenvalue weighted by Crippen LogP contribution is -2.41. The first-order chi connectivity index (χ1) is 14.5. The summed E-state index contributed by atoms with van der Waals surface area (Å²) < 4.78 is 38.5. The maximum Gasteiger partial charge on any atom is 0.235 e.